The van der Waals surface area contributed by atoms with Crippen LogP contribution in [0.5, 0.6) is 0 Å². The molecule has 0 radical (unpaired) electrons. The van der Waals surface area contributed by atoms with Gasteiger partial charge in [-0.05, 0) is 41.0 Å². The minimum absolute atomic E-state index is 0.335. The summed E-state index contributed by atoms with van der Waals surface area (Å²) in [6.07, 6.45) is 3.72. The fourth-order valence-electron chi connectivity index (χ4n) is 3.30. The van der Waals surface area contributed by atoms with Gasteiger partial charge in [0.15, 0.2) is 0 Å². The number of imidazole rings is 1. The van der Waals surface area contributed by atoms with Crippen molar-refractivity contribution in [3.63, 3.8) is 0 Å². The maximum absolute atomic E-state index is 11.5. The van der Waals surface area contributed by atoms with E-state index < -0.39 is 0 Å². The summed E-state index contributed by atoms with van der Waals surface area (Å²) >= 11 is 0. The Hall–Kier alpha value is -3.86. The van der Waals surface area contributed by atoms with Crippen LogP contribution in [0.25, 0.3) is 11.1 Å². The minimum atomic E-state index is -0.335. The van der Waals surface area contributed by atoms with E-state index in [1.807, 2.05) is 30.7 Å². The van der Waals surface area contributed by atoms with Crippen LogP contribution in [-0.4, -0.2) is 22.6 Å². The minimum Gasteiger partial charge on any atom is -0.465 e. The zero-order valence-electron chi connectivity index (χ0n) is 16.8. The molecule has 0 saturated carbocycles. The third-order valence-corrected chi connectivity index (χ3v) is 4.99. The van der Waals surface area contributed by atoms with Crippen molar-refractivity contribution in [3.05, 3.63) is 108 Å². The molecule has 0 bridgehead atoms. The molecule has 150 valence electrons. The Labute approximate surface area is 176 Å². The Bertz CT molecular complexity index is 1100. The van der Waals surface area contributed by atoms with Gasteiger partial charge in [-0.15, -0.1) is 0 Å². The SMILES string of the molecule is COC(=O)c1ccc(NCc2cncn2Cc2ccc(-c3ccccc3)cc2)cc1. The highest BCUT2D eigenvalue weighted by Gasteiger charge is 2.06. The summed E-state index contributed by atoms with van der Waals surface area (Å²) in [5.41, 5.74) is 6.20. The van der Waals surface area contributed by atoms with E-state index in [0.717, 1.165) is 17.9 Å². The van der Waals surface area contributed by atoms with Gasteiger partial charge in [-0.2, -0.15) is 0 Å². The molecule has 5 nitrogen and oxygen atoms in total. The number of hydrogen-bond acceptors (Lipinski definition) is 4. The number of anilines is 1. The topological polar surface area (TPSA) is 56.1 Å². The zero-order chi connectivity index (χ0) is 20.8. The van der Waals surface area contributed by atoms with Crippen LogP contribution in [0.2, 0.25) is 0 Å². The summed E-state index contributed by atoms with van der Waals surface area (Å²) in [6.45, 7) is 1.40. The first-order valence-electron chi connectivity index (χ1n) is 9.78. The number of nitrogens with zero attached hydrogens (tertiary/aromatic N) is 2. The number of aromatic nitrogens is 2. The zero-order valence-corrected chi connectivity index (χ0v) is 16.8. The molecule has 0 aliphatic heterocycles. The van der Waals surface area contributed by atoms with Gasteiger partial charge < -0.3 is 14.6 Å². The highest BCUT2D eigenvalue weighted by Crippen LogP contribution is 2.20. The lowest BCUT2D eigenvalue weighted by atomic mass is 10.0. The Kier molecular flexibility index (Phi) is 5.90. The van der Waals surface area contributed by atoms with E-state index in [1.165, 1.54) is 23.8 Å². The molecule has 5 heteroatoms. The summed E-state index contributed by atoms with van der Waals surface area (Å²) < 4.78 is 6.86. The normalized spacial score (nSPS) is 10.6. The van der Waals surface area contributed by atoms with Gasteiger partial charge in [-0.1, -0.05) is 54.6 Å². The lowest BCUT2D eigenvalue weighted by molar-refractivity contribution is 0.0601. The van der Waals surface area contributed by atoms with Gasteiger partial charge >= 0.3 is 5.97 Å². The molecule has 30 heavy (non-hydrogen) atoms. The summed E-state index contributed by atoms with van der Waals surface area (Å²) in [7, 11) is 1.38. The average molecular weight is 397 g/mol. The van der Waals surface area contributed by atoms with Crippen LogP contribution in [0.1, 0.15) is 21.6 Å². The smallest absolute Gasteiger partial charge is 0.337 e. The maximum atomic E-state index is 11.5. The quantitative estimate of drug-likeness (QED) is 0.446. The van der Waals surface area contributed by atoms with Gasteiger partial charge in [0, 0.05) is 18.4 Å². The van der Waals surface area contributed by atoms with Crippen LogP contribution in [0.15, 0.2) is 91.4 Å². The number of methoxy groups -OCH3 is 1. The number of esters is 1. The number of carbonyl (C=O) groups is 1. The molecule has 0 unspecified atom stereocenters. The molecule has 0 atom stereocenters. The molecule has 4 rings (SSSR count). The van der Waals surface area contributed by atoms with Crippen molar-refractivity contribution in [1.82, 2.24) is 9.55 Å². The summed E-state index contributed by atoms with van der Waals surface area (Å²) in [5.74, 6) is -0.335. The van der Waals surface area contributed by atoms with Crippen LogP contribution in [0.4, 0.5) is 5.69 Å². The van der Waals surface area contributed by atoms with E-state index in [4.69, 9.17) is 4.74 Å². The number of hydrogen-bond donors (Lipinski definition) is 1. The third kappa shape index (κ3) is 4.58. The monoisotopic (exact) mass is 397 g/mol. The summed E-state index contributed by atoms with van der Waals surface area (Å²) in [6, 6.07) is 26.2. The highest BCUT2D eigenvalue weighted by atomic mass is 16.5. The summed E-state index contributed by atoms with van der Waals surface area (Å²) in [4.78, 5) is 15.8. The number of nitrogens with one attached hydrogen (secondary N) is 1. The van der Waals surface area contributed by atoms with E-state index in [2.05, 4.69) is 63.4 Å². The van der Waals surface area contributed by atoms with Crippen molar-refractivity contribution >= 4 is 11.7 Å². The molecule has 1 heterocycles. The van der Waals surface area contributed by atoms with Crippen LogP contribution in [0, 0.1) is 0 Å². The van der Waals surface area contributed by atoms with E-state index in [0.29, 0.717) is 12.1 Å². The van der Waals surface area contributed by atoms with E-state index in [9.17, 15) is 4.79 Å². The number of carbonyl (C=O) groups excluding carboxylic acids is 1. The van der Waals surface area contributed by atoms with Crippen molar-refractivity contribution < 1.29 is 9.53 Å². The lowest BCUT2D eigenvalue weighted by Crippen LogP contribution is -2.08. The molecule has 0 saturated heterocycles. The molecule has 0 aliphatic carbocycles. The third-order valence-electron chi connectivity index (χ3n) is 4.99. The molecular formula is C25H23N3O2. The first kappa shape index (κ1) is 19.5. The van der Waals surface area contributed by atoms with E-state index in [1.54, 1.807) is 12.1 Å². The molecule has 4 aromatic rings. The van der Waals surface area contributed by atoms with Crippen molar-refractivity contribution in [3.8, 4) is 11.1 Å². The second kappa shape index (κ2) is 9.09. The second-order valence-corrected chi connectivity index (χ2v) is 7.00. The summed E-state index contributed by atoms with van der Waals surface area (Å²) in [5, 5.41) is 3.38. The molecule has 1 aromatic heterocycles. The van der Waals surface area contributed by atoms with Crippen LogP contribution < -0.4 is 5.32 Å². The van der Waals surface area contributed by atoms with Crippen molar-refractivity contribution in [1.29, 1.82) is 0 Å². The second-order valence-electron chi connectivity index (χ2n) is 7.00. The Balaban J connectivity index is 1.39. The first-order chi connectivity index (χ1) is 14.7. The van der Waals surface area contributed by atoms with Gasteiger partial charge in [0.1, 0.15) is 0 Å². The van der Waals surface area contributed by atoms with Gasteiger partial charge in [0.2, 0.25) is 0 Å². The van der Waals surface area contributed by atoms with Gasteiger partial charge in [-0.3, -0.25) is 0 Å². The molecule has 0 fully saturated rings. The highest BCUT2D eigenvalue weighted by molar-refractivity contribution is 5.89. The van der Waals surface area contributed by atoms with Crippen molar-refractivity contribution in [2.24, 2.45) is 0 Å². The number of rotatable bonds is 7. The lowest BCUT2D eigenvalue weighted by Gasteiger charge is -2.11. The molecule has 0 spiro atoms. The van der Waals surface area contributed by atoms with Gasteiger partial charge in [0.25, 0.3) is 0 Å². The Morgan fingerprint density at radius 3 is 2.33 bits per heavy atom. The van der Waals surface area contributed by atoms with Crippen LogP contribution in [0.3, 0.4) is 0 Å². The standard InChI is InChI=1S/C25H23N3O2/c1-30-25(29)22-11-13-23(14-12-22)27-16-24-15-26-18-28(24)17-19-7-9-21(10-8-19)20-5-3-2-4-6-20/h2-15,18,27H,16-17H2,1H3. The average Bonchev–Trinajstić information content (AvgIpc) is 3.25. The molecule has 1 N–H and O–H groups in total. The van der Waals surface area contributed by atoms with Gasteiger partial charge in [0.05, 0.1) is 31.2 Å². The molecule has 0 amide bonds. The van der Waals surface area contributed by atoms with Crippen LogP contribution in [-0.2, 0) is 17.8 Å². The number of benzene rings is 3. The Morgan fingerprint density at radius 1 is 0.933 bits per heavy atom. The predicted octanol–water partition coefficient (Wildman–Crippen LogP) is 5.00. The fraction of sp³-hybridized carbons (Fsp3) is 0.120. The van der Waals surface area contributed by atoms with Gasteiger partial charge in [-0.25, -0.2) is 9.78 Å². The first-order valence-corrected chi connectivity index (χ1v) is 9.78. The molecule has 0 aliphatic rings. The maximum Gasteiger partial charge on any atom is 0.337 e. The van der Waals surface area contributed by atoms with Crippen molar-refractivity contribution in [2.75, 3.05) is 12.4 Å². The number of ether oxygens (including phenoxy) is 1. The molecular weight excluding hydrogens is 374 g/mol. The predicted molar refractivity (Wildman–Crippen MR) is 118 cm³/mol. The van der Waals surface area contributed by atoms with Crippen LogP contribution >= 0.6 is 0 Å². The largest absolute Gasteiger partial charge is 0.465 e. The Morgan fingerprint density at radius 2 is 1.63 bits per heavy atom. The van der Waals surface area contributed by atoms with Crippen molar-refractivity contribution in [2.45, 2.75) is 13.1 Å². The van der Waals surface area contributed by atoms with E-state index >= 15 is 0 Å². The van der Waals surface area contributed by atoms with E-state index in [-0.39, 0.29) is 5.97 Å². The fourth-order valence-corrected chi connectivity index (χ4v) is 3.30. The molecule has 3 aromatic carbocycles.